The predicted octanol–water partition coefficient (Wildman–Crippen LogP) is 4.51. The standard InChI is InChI=1S/C16H15BrClNO/c1-11-7-8-13(18)9-14(11)16(20)19-10-15(17)12-5-3-2-4-6-12/h2-9,15H,10H2,1H3,(H,19,20). The molecule has 104 valence electrons. The van der Waals surface area contributed by atoms with Gasteiger partial charge in [0.25, 0.3) is 5.91 Å². The van der Waals surface area contributed by atoms with Crippen LogP contribution >= 0.6 is 27.5 Å². The van der Waals surface area contributed by atoms with Gasteiger partial charge in [-0.05, 0) is 30.2 Å². The first-order chi connectivity index (χ1) is 9.58. The summed E-state index contributed by atoms with van der Waals surface area (Å²) in [5, 5.41) is 3.49. The number of aryl methyl sites for hydroxylation is 1. The Balaban J connectivity index is 2.00. The van der Waals surface area contributed by atoms with E-state index in [9.17, 15) is 4.79 Å². The number of nitrogens with one attached hydrogen (secondary N) is 1. The van der Waals surface area contributed by atoms with E-state index in [1.807, 2.05) is 43.3 Å². The van der Waals surface area contributed by atoms with Crippen LogP contribution in [-0.4, -0.2) is 12.5 Å². The van der Waals surface area contributed by atoms with Crippen molar-refractivity contribution >= 4 is 33.4 Å². The third kappa shape index (κ3) is 3.84. The molecule has 0 aliphatic carbocycles. The molecule has 2 rings (SSSR count). The fourth-order valence-electron chi connectivity index (χ4n) is 1.90. The maximum absolute atomic E-state index is 12.2. The lowest BCUT2D eigenvalue weighted by Gasteiger charge is -2.12. The molecule has 20 heavy (non-hydrogen) atoms. The van der Waals surface area contributed by atoms with Gasteiger partial charge < -0.3 is 5.32 Å². The van der Waals surface area contributed by atoms with E-state index in [4.69, 9.17) is 11.6 Å². The summed E-state index contributed by atoms with van der Waals surface area (Å²) in [6.07, 6.45) is 0. The van der Waals surface area contributed by atoms with Crippen LogP contribution in [0.5, 0.6) is 0 Å². The molecule has 4 heteroatoms. The number of benzene rings is 2. The van der Waals surface area contributed by atoms with E-state index in [1.54, 1.807) is 12.1 Å². The highest BCUT2D eigenvalue weighted by Crippen LogP contribution is 2.21. The number of hydrogen-bond acceptors (Lipinski definition) is 1. The summed E-state index contributed by atoms with van der Waals surface area (Å²) in [5.41, 5.74) is 2.67. The zero-order chi connectivity index (χ0) is 14.5. The highest BCUT2D eigenvalue weighted by molar-refractivity contribution is 9.09. The molecule has 0 saturated heterocycles. The first-order valence-electron chi connectivity index (χ1n) is 6.31. The minimum absolute atomic E-state index is 0.0899. The zero-order valence-corrected chi connectivity index (χ0v) is 13.4. The zero-order valence-electron chi connectivity index (χ0n) is 11.1. The van der Waals surface area contributed by atoms with Gasteiger partial charge in [0.15, 0.2) is 0 Å². The molecule has 1 atom stereocenters. The van der Waals surface area contributed by atoms with Crippen LogP contribution < -0.4 is 5.32 Å². The molecule has 1 amide bonds. The van der Waals surface area contributed by atoms with Gasteiger partial charge in [0.2, 0.25) is 0 Å². The van der Waals surface area contributed by atoms with Crippen molar-refractivity contribution in [2.45, 2.75) is 11.8 Å². The van der Waals surface area contributed by atoms with Crippen LogP contribution in [0.25, 0.3) is 0 Å². The van der Waals surface area contributed by atoms with Crippen molar-refractivity contribution in [3.63, 3.8) is 0 Å². The average molecular weight is 353 g/mol. The van der Waals surface area contributed by atoms with Gasteiger partial charge in [-0.2, -0.15) is 0 Å². The molecular formula is C16H15BrClNO. The van der Waals surface area contributed by atoms with Crippen molar-refractivity contribution < 1.29 is 4.79 Å². The highest BCUT2D eigenvalue weighted by Gasteiger charge is 2.12. The van der Waals surface area contributed by atoms with Crippen LogP contribution in [-0.2, 0) is 0 Å². The summed E-state index contributed by atoms with van der Waals surface area (Å²) in [7, 11) is 0. The van der Waals surface area contributed by atoms with Gasteiger partial charge in [0.05, 0.1) is 4.83 Å². The van der Waals surface area contributed by atoms with Gasteiger partial charge in [0.1, 0.15) is 0 Å². The van der Waals surface area contributed by atoms with Gasteiger partial charge in [-0.25, -0.2) is 0 Å². The van der Waals surface area contributed by atoms with Gasteiger partial charge >= 0.3 is 0 Å². The molecule has 0 spiro atoms. The lowest BCUT2D eigenvalue weighted by Crippen LogP contribution is -2.27. The first-order valence-corrected chi connectivity index (χ1v) is 7.60. The van der Waals surface area contributed by atoms with Gasteiger partial charge in [-0.15, -0.1) is 0 Å². The Bertz CT molecular complexity index is 601. The van der Waals surface area contributed by atoms with Crippen molar-refractivity contribution in [3.8, 4) is 0 Å². The lowest BCUT2D eigenvalue weighted by atomic mass is 10.1. The number of halogens is 2. The topological polar surface area (TPSA) is 29.1 Å². The minimum atomic E-state index is -0.106. The Labute approximate surface area is 132 Å². The molecular weight excluding hydrogens is 338 g/mol. The molecule has 0 bridgehead atoms. The summed E-state index contributed by atoms with van der Waals surface area (Å²) in [6.45, 7) is 2.42. The minimum Gasteiger partial charge on any atom is -0.351 e. The highest BCUT2D eigenvalue weighted by atomic mass is 79.9. The predicted molar refractivity (Wildman–Crippen MR) is 86.6 cm³/mol. The van der Waals surface area contributed by atoms with Crippen LogP contribution in [0.3, 0.4) is 0 Å². The number of hydrogen-bond donors (Lipinski definition) is 1. The molecule has 2 nitrogen and oxygen atoms in total. The van der Waals surface area contributed by atoms with Gasteiger partial charge in [0, 0.05) is 17.1 Å². The van der Waals surface area contributed by atoms with Crippen molar-refractivity contribution in [1.82, 2.24) is 5.32 Å². The Morgan fingerprint density at radius 2 is 1.95 bits per heavy atom. The van der Waals surface area contributed by atoms with Crippen molar-refractivity contribution in [2.75, 3.05) is 6.54 Å². The molecule has 2 aromatic carbocycles. The van der Waals surface area contributed by atoms with E-state index in [2.05, 4.69) is 21.2 Å². The molecule has 0 saturated carbocycles. The van der Waals surface area contributed by atoms with Crippen LogP contribution in [0.15, 0.2) is 48.5 Å². The summed E-state index contributed by atoms with van der Waals surface area (Å²) in [4.78, 5) is 12.3. The third-order valence-electron chi connectivity index (χ3n) is 3.05. The average Bonchev–Trinajstić information content (AvgIpc) is 2.47. The fraction of sp³-hybridized carbons (Fsp3) is 0.188. The van der Waals surface area contributed by atoms with Crippen LogP contribution in [0.1, 0.15) is 26.3 Å². The second-order valence-electron chi connectivity index (χ2n) is 4.55. The Kier molecular flexibility index (Phi) is 5.21. The molecule has 0 radical (unpaired) electrons. The fourth-order valence-corrected chi connectivity index (χ4v) is 2.54. The molecule has 1 N–H and O–H groups in total. The quantitative estimate of drug-likeness (QED) is 0.806. The third-order valence-corrected chi connectivity index (χ3v) is 4.13. The van der Waals surface area contributed by atoms with E-state index in [0.29, 0.717) is 17.1 Å². The van der Waals surface area contributed by atoms with E-state index in [-0.39, 0.29) is 10.7 Å². The van der Waals surface area contributed by atoms with Crippen molar-refractivity contribution in [1.29, 1.82) is 0 Å². The van der Waals surface area contributed by atoms with Crippen molar-refractivity contribution in [2.24, 2.45) is 0 Å². The second-order valence-corrected chi connectivity index (χ2v) is 6.09. The number of carbonyl (C=O) groups excluding carboxylic acids is 1. The summed E-state index contributed by atoms with van der Waals surface area (Å²) >= 11 is 9.51. The van der Waals surface area contributed by atoms with Crippen molar-refractivity contribution in [3.05, 3.63) is 70.2 Å². The van der Waals surface area contributed by atoms with Crippen LogP contribution in [0, 0.1) is 6.92 Å². The normalized spacial score (nSPS) is 11.9. The molecule has 0 fully saturated rings. The first kappa shape index (κ1) is 15.1. The second kappa shape index (κ2) is 6.91. The van der Waals surface area contributed by atoms with E-state index in [0.717, 1.165) is 11.1 Å². The van der Waals surface area contributed by atoms with E-state index < -0.39 is 0 Å². The molecule has 0 aromatic heterocycles. The number of amides is 1. The smallest absolute Gasteiger partial charge is 0.251 e. The molecule has 0 aliphatic rings. The van der Waals surface area contributed by atoms with E-state index in [1.165, 1.54) is 0 Å². The summed E-state index contributed by atoms with van der Waals surface area (Å²) in [5.74, 6) is -0.106. The van der Waals surface area contributed by atoms with Gasteiger partial charge in [-0.3, -0.25) is 4.79 Å². The number of carbonyl (C=O) groups is 1. The number of rotatable bonds is 4. The van der Waals surface area contributed by atoms with Crippen LogP contribution in [0.4, 0.5) is 0 Å². The Morgan fingerprint density at radius 1 is 1.25 bits per heavy atom. The lowest BCUT2D eigenvalue weighted by molar-refractivity contribution is 0.0953. The molecule has 0 aliphatic heterocycles. The van der Waals surface area contributed by atoms with E-state index >= 15 is 0 Å². The maximum Gasteiger partial charge on any atom is 0.251 e. The SMILES string of the molecule is Cc1ccc(Cl)cc1C(=O)NCC(Br)c1ccccc1. The molecule has 2 aromatic rings. The summed E-state index contributed by atoms with van der Waals surface area (Å²) < 4.78 is 0. The Hall–Kier alpha value is -1.32. The largest absolute Gasteiger partial charge is 0.351 e. The maximum atomic E-state index is 12.2. The summed E-state index contributed by atoms with van der Waals surface area (Å²) in [6, 6.07) is 15.3. The monoisotopic (exact) mass is 351 g/mol. The van der Waals surface area contributed by atoms with Gasteiger partial charge in [-0.1, -0.05) is 63.9 Å². The molecule has 0 heterocycles. The van der Waals surface area contributed by atoms with Crippen LogP contribution in [0.2, 0.25) is 5.02 Å². The number of alkyl halides is 1. The Morgan fingerprint density at radius 3 is 2.65 bits per heavy atom. The molecule has 1 unspecified atom stereocenters.